The van der Waals surface area contributed by atoms with E-state index in [2.05, 4.69) is 10.4 Å². The Morgan fingerprint density at radius 3 is 2.41 bits per heavy atom. The predicted octanol–water partition coefficient (Wildman–Crippen LogP) is 1.73. The molecule has 3 amide bonds. The van der Waals surface area contributed by atoms with Crippen LogP contribution in [-0.2, 0) is 16.6 Å². The molecule has 2 unspecified atom stereocenters. The third kappa shape index (κ3) is 3.72. The maximum atomic E-state index is 13.3. The molecule has 2 aromatic rings. The molecule has 0 radical (unpaired) electrons. The Labute approximate surface area is 168 Å². The van der Waals surface area contributed by atoms with Crippen molar-refractivity contribution < 1.29 is 18.8 Å². The largest absolute Gasteiger partial charge is 0.343 e. The molecule has 1 aromatic heterocycles. The summed E-state index contributed by atoms with van der Waals surface area (Å²) in [6, 6.07) is 5.24. The molecule has 0 bridgehead atoms. The maximum absolute atomic E-state index is 13.3. The summed E-state index contributed by atoms with van der Waals surface area (Å²) < 4.78 is 14.8. The van der Waals surface area contributed by atoms with Crippen molar-refractivity contribution in [3.05, 3.63) is 47.0 Å². The molecule has 1 aliphatic rings. The van der Waals surface area contributed by atoms with Gasteiger partial charge in [-0.15, -0.1) is 0 Å². The van der Waals surface area contributed by atoms with Crippen LogP contribution in [0, 0.1) is 18.7 Å². The van der Waals surface area contributed by atoms with Crippen LogP contribution >= 0.6 is 0 Å². The summed E-state index contributed by atoms with van der Waals surface area (Å²) in [6.45, 7) is 1.75. The SMILES string of the molecule is Cc1c(NC(=O)C2CC(=O)N(C)C2c2ccc(F)cc2)c(C(=O)N(C)C)nn1C. The molecular formula is C20H24FN5O3. The number of benzene rings is 1. The first kappa shape index (κ1) is 20.5. The molecule has 29 heavy (non-hydrogen) atoms. The fraction of sp³-hybridized carbons (Fsp3) is 0.400. The molecule has 1 aromatic carbocycles. The van der Waals surface area contributed by atoms with Gasteiger partial charge in [-0.25, -0.2) is 4.39 Å². The summed E-state index contributed by atoms with van der Waals surface area (Å²) in [5.74, 6) is -1.97. The van der Waals surface area contributed by atoms with Crippen LogP contribution in [0.3, 0.4) is 0 Å². The average Bonchev–Trinajstić information content (AvgIpc) is 3.12. The molecule has 1 saturated heterocycles. The summed E-state index contributed by atoms with van der Waals surface area (Å²) >= 11 is 0. The maximum Gasteiger partial charge on any atom is 0.276 e. The van der Waals surface area contributed by atoms with Crippen molar-refractivity contribution in [2.75, 3.05) is 26.5 Å². The minimum atomic E-state index is -0.681. The molecule has 1 aliphatic heterocycles. The van der Waals surface area contributed by atoms with Gasteiger partial charge in [-0.1, -0.05) is 12.1 Å². The highest BCUT2D eigenvalue weighted by Gasteiger charge is 2.43. The van der Waals surface area contributed by atoms with Crippen LogP contribution in [0.25, 0.3) is 0 Å². The molecule has 0 aliphatic carbocycles. The number of halogens is 1. The van der Waals surface area contributed by atoms with Gasteiger partial charge in [-0.05, 0) is 24.6 Å². The number of nitrogens with one attached hydrogen (secondary N) is 1. The van der Waals surface area contributed by atoms with Crippen molar-refractivity contribution in [2.45, 2.75) is 19.4 Å². The summed E-state index contributed by atoms with van der Waals surface area (Å²) in [6.07, 6.45) is 0.0284. The second kappa shape index (κ2) is 7.65. The van der Waals surface area contributed by atoms with E-state index in [1.54, 1.807) is 47.2 Å². The monoisotopic (exact) mass is 401 g/mol. The molecule has 0 saturated carbocycles. The van der Waals surface area contributed by atoms with Crippen LogP contribution in [0.4, 0.5) is 10.1 Å². The van der Waals surface area contributed by atoms with E-state index in [1.165, 1.54) is 26.6 Å². The molecule has 1 fully saturated rings. The van der Waals surface area contributed by atoms with Gasteiger partial charge in [0.2, 0.25) is 11.8 Å². The molecule has 2 heterocycles. The highest BCUT2D eigenvalue weighted by Crippen LogP contribution is 2.38. The zero-order chi connectivity index (χ0) is 21.5. The standard InChI is InChI=1S/C20H24FN5O3/c1-11-16(17(23-26(11)5)20(29)24(2)3)22-19(28)14-10-15(27)25(4)18(14)12-6-8-13(21)9-7-12/h6-9,14,18H,10H2,1-5H3,(H,22,28). The fourth-order valence-electron chi connectivity index (χ4n) is 3.56. The summed E-state index contributed by atoms with van der Waals surface area (Å²) in [7, 11) is 6.52. The van der Waals surface area contributed by atoms with Gasteiger partial charge in [-0.2, -0.15) is 5.10 Å². The Balaban J connectivity index is 1.93. The van der Waals surface area contributed by atoms with Crippen molar-refractivity contribution >= 4 is 23.4 Å². The second-order valence-electron chi connectivity index (χ2n) is 7.43. The fourth-order valence-corrected chi connectivity index (χ4v) is 3.56. The Kier molecular flexibility index (Phi) is 5.41. The van der Waals surface area contributed by atoms with Crippen molar-refractivity contribution in [1.82, 2.24) is 19.6 Å². The summed E-state index contributed by atoms with van der Waals surface area (Å²) in [5, 5.41) is 7.03. The zero-order valence-electron chi connectivity index (χ0n) is 17.1. The number of likely N-dealkylation sites (tertiary alicyclic amines) is 1. The lowest BCUT2D eigenvalue weighted by Crippen LogP contribution is -2.31. The number of carbonyl (C=O) groups is 3. The van der Waals surface area contributed by atoms with Gasteiger partial charge in [0.05, 0.1) is 23.3 Å². The van der Waals surface area contributed by atoms with Gasteiger partial charge in [0, 0.05) is 34.6 Å². The first-order chi connectivity index (χ1) is 13.6. The van der Waals surface area contributed by atoms with Gasteiger partial charge >= 0.3 is 0 Å². The van der Waals surface area contributed by atoms with E-state index >= 15 is 0 Å². The lowest BCUT2D eigenvalue weighted by atomic mass is 9.92. The molecule has 1 N–H and O–H groups in total. The van der Waals surface area contributed by atoms with Gasteiger partial charge in [0.1, 0.15) is 5.82 Å². The van der Waals surface area contributed by atoms with E-state index in [4.69, 9.17) is 0 Å². The molecule has 8 nitrogen and oxygen atoms in total. The van der Waals surface area contributed by atoms with Gasteiger partial charge in [-0.3, -0.25) is 19.1 Å². The number of aromatic nitrogens is 2. The number of amides is 3. The van der Waals surface area contributed by atoms with Gasteiger partial charge in [0.25, 0.3) is 5.91 Å². The quantitative estimate of drug-likeness (QED) is 0.845. The van der Waals surface area contributed by atoms with E-state index in [0.29, 0.717) is 16.9 Å². The minimum absolute atomic E-state index is 0.0284. The smallest absolute Gasteiger partial charge is 0.276 e. The zero-order valence-corrected chi connectivity index (χ0v) is 17.1. The van der Waals surface area contributed by atoms with E-state index in [-0.39, 0.29) is 35.7 Å². The number of rotatable bonds is 4. The minimum Gasteiger partial charge on any atom is -0.343 e. The molecule has 3 rings (SSSR count). The molecule has 9 heteroatoms. The van der Waals surface area contributed by atoms with Crippen LogP contribution < -0.4 is 5.32 Å². The van der Waals surface area contributed by atoms with Gasteiger partial charge < -0.3 is 15.1 Å². The lowest BCUT2D eigenvalue weighted by Gasteiger charge is -2.25. The average molecular weight is 401 g/mol. The van der Waals surface area contributed by atoms with Crippen molar-refractivity contribution in [3.63, 3.8) is 0 Å². The Morgan fingerprint density at radius 1 is 1.21 bits per heavy atom. The van der Waals surface area contributed by atoms with Crippen LogP contribution in [0.5, 0.6) is 0 Å². The van der Waals surface area contributed by atoms with Crippen LogP contribution in [0.1, 0.15) is 34.2 Å². The van der Waals surface area contributed by atoms with Crippen LogP contribution in [-0.4, -0.2) is 58.4 Å². The highest BCUT2D eigenvalue weighted by atomic mass is 19.1. The Bertz CT molecular complexity index is 967. The number of anilines is 1. The second-order valence-corrected chi connectivity index (χ2v) is 7.43. The number of aryl methyl sites for hydroxylation is 1. The van der Waals surface area contributed by atoms with E-state index in [9.17, 15) is 18.8 Å². The van der Waals surface area contributed by atoms with E-state index in [0.717, 1.165) is 0 Å². The number of hydrogen-bond donors (Lipinski definition) is 1. The summed E-state index contributed by atoms with van der Waals surface area (Å²) in [4.78, 5) is 40.8. The molecule has 154 valence electrons. The van der Waals surface area contributed by atoms with Crippen molar-refractivity contribution in [3.8, 4) is 0 Å². The van der Waals surface area contributed by atoms with E-state index < -0.39 is 12.0 Å². The third-order valence-electron chi connectivity index (χ3n) is 5.33. The van der Waals surface area contributed by atoms with Crippen molar-refractivity contribution in [2.24, 2.45) is 13.0 Å². The third-order valence-corrected chi connectivity index (χ3v) is 5.33. The first-order valence-corrected chi connectivity index (χ1v) is 9.19. The highest BCUT2D eigenvalue weighted by molar-refractivity contribution is 6.04. The first-order valence-electron chi connectivity index (χ1n) is 9.19. The van der Waals surface area contributed by atoms with Crippen LogP contribution in [0.2, 0.25) is 0 Å². The van der Waals surface area contributed by atoms with Gasteiger partial charge in [0.15, 0.2) is 5.69 Å². The predicted molar refractivity (Wildman–Crippen MR) is 105 cm³/mol. The van der Waals surface area contributed by atoms with E-state index in [1.807, 2.05) is 0 Å². The molecule has 2 atom stereocenters. The molecule has 0 spiro atoms. The normalized spacial score (nSPS) is 18.8. The topological polar surface area (TPSA) is 87.5 Å². The van der Waals surface area contributed by atoms with Crippen molar-refractivity contribution in [1.29, 1.82) is 0 Å². The Hall–Kier alpha value is -3.23. The summed E-state index contributed by atoms with van der Waals surface area (Å²) in [5.41, 5.74) is 1.77. The Morgan fingerprint density at radius 2 is 1.83 bits per heavy atom. The lowest BCUT2D eigenvalue weighted by molar-refractivity contribution is -0.128. The molecular weight excluding hydrogens is 377 g/mol. The number of nitrogens with zero attached hydrogens (tertiary/aromatic N) is 4. The van der Waals surface area contributed by atoms with Crippen LogP contribution in [0.15, 0.2) is 24.3 Å². The number of hydrogen-bond acceptors (Lipinski definition) is 4. The number of carbonyl (C=O) groups excluding carboxylic acids is 3.